The molecule has 2 N–H and O–H groups in total. The lowest BCUT2D eigenvalue weighted by atomic mass is 9.93. The molecule has 2 unspecified atom stereocenters. The van der Waals surface area contributed by atoms with Crippen LogP contribution in [0.25, 0.3) is 0 Å². The van der Waals surface area contributed by atoms with Crippen molar-refractivity contribution >= 4 is 0 Å². The molecule has 4 nitrogen and oxygen atoms in total. The van der Waals surface area contributed by atoms with Crippen molar-refractivity contribution in [1.82, 2.24) is 9.80 Å². The van der Waals surface area contributed by atoms with Gasteiger partial charge >= 0.3 is 0 Å². The molecule has 0 spiro atoms. The van der Waals surface area contributed by atoms with Gasteiger partial charge in [-0.15, -0.1) is 0 Å². The molecule has 17 heavy (non-hydrogen) atoms. The number of nitrogens with zero attached hydrogens (tertiary/aromatic N) is 3. The van der Waals surface area contributed by atoms with Gasteiger partial charge in [0.05, 0.1) is 6.07 Å². The molecule has 2 atom stereocenters. The Morgan fingerprint density at radius 3 is 2.71 bits per heavy atom. The van der Waals surface area contributed by atoms with Gasteiger partial charge in [0.15, 0.2) is 0 Å². The van der Waals surface area contributed by atoms with Crippen LogP contribution in [0.1, 0.15) is 33.1 Å². The minimum Gasteiger partial charge on any atom is -0.313 e. The molecule has 0 aromatic carbocycles. The maximum absolute atomic E-state index is 9.01. The Kier molecular flexibility index (Phi) is 5.38. The molecule has 0 saturated carbocycles. The number of hydrogen-bond acceptors (Lipinski definition) is 4. The molecule has 1 rings (SSSR count). The molecule has 0 aliphatic carbocycles. The van der Waals surface area contributed by atoms with Crippen LogP contribution < -0.4 is 5.73 Å². The van der Waals surface area contributed by atoms with Gasteiger partial charge in [-0.2, -0.15) is 5.26 Å². The summed E-state index contributed by atoms with van der Waals surface area (Å²) in [6.45, 7) is 8.74. The van der Waals surface area contributed by atoms with Gasteiger partial charge in [-0.3, -0.25) is 4.90 Å². The summed E-state index contributed by atoms with van der Waals surface area (Å²) in [5.41, 5.74) is 5.37. The second-order valence-corrected chi connectivity index (χ2v) is 5.37. The van der Waals surface area contributed by atoms with E-state index in [0.29, 0.717) is 6.04 Å². The van der Waals surface area contributed by atoms with Crippen molar-refractivity contribution in [3.63, 3.8) is 0 Å². The SMILES string of the molecule is CCC(N)(C#N)CCCN1CCN(C)CC1C. The zero-order valence-electron chi connectivity index (χ0n) is 11.4. The summed E-state index contributed by atoms with van der Waals surface area (Å²) >= 11 is 0. The van der Waals surface area contributed by atoms with Crippen molar-refractivity contribution in [2.45, 2.75) is 44.7 Å². The van der Waals surface area contributed by atoms with Gasteiger partial charge in [0, 0.05) is 25.7 Å². The Hall–Kier alpha value is -0.630. The van der Waals surface area contributed by atoms with E-state index in [0.717, 1.165) is 45.4 Å². The standard InChI is InChI=1S/C13H26N4/c1-4-13(15,11-14)6-5-7-17-9-8-16(3)10-12(17)2/h12H,4-10,15H2,1-3H3. The van der Waals surface area contributed by atoms with Crippen LogP contribution in [0.5, 0.6) is 0 Å². The second-order valence-electron chi connectivity index (χ2n) is 5.37. The minimum atomic E-state index is -0.615. The van der Waals surface area contributed by atoms with Crippen LogP contribution in [0.3, 0.4) is 0 Å². The quantitative estimate of drug-likeness (QED) is 0.777. The molecule has 1 saturated heterocycles. The summed E-state index contributed by atoms with van der Waals surface area (Å²) in [5.74, 6) is 0. The number of nitrogens with two attached hydrogens (primary N) is 1. The highest BCUT2D eigenvalue weighted by atomic mass is 15.3. The highest BCUT2D eigenvalue weighted by molar-refractivity contribution is 5.03. The third kappa shape index (κ3) is 4.27. The number of rotatable bonds is 5. The van der Waals surface area contributed by atoms with Crippen molar-refractivity contribution < 1.29 is 0 Å². The third-order valence-corrected chi connectivity index (χ3v) is 3.89. The molecular formula is C13H26N4. The molecule has 0 aromatic rings. The summed E-state index contributed by atoms with van der Waals surface area (Å²) in [6.07, 6.45) is 2.56. The van der Waals surface area contributed by atoms with Gasteiger partial charge in [0.25, 0.3) is 0 Å². The van der Waals surface area contributed by atoms with E-state index in [1.807, 2.05) is 6.92 Å². The van der Waals surface area contributed by atoms with E-state index in [1.54, 1.807) is 0 Å². The molecule has 1 fully saturated rings. The largest absolute Gasteiger partial charge is 0.313 e. The van der Waals surface area contributed by atoms with Gasteiger partial charge in [0.1, 0.15) is 5.54 Å². The molecule has 0 aromatic heterocycles. The molecule has 0 amide bonds. The fraction of sp³-hybridized carbons (Fsp3) is 0.923. The molecule has 4 heteroatoms. The highest BCUT2D eigenvalue weighted by Gasteiger charge is 2.24. The minimum absolute atomic E-state index is 0.615. The summed E-state index contributed by atoms with van der Waals surface area (Å²) in [5, 5.41) is 9.01. The number of piperazine rings is 1. The first-order chi connectivity index (χ1) is 8.00. The van der Waals surface area contributed by atoms with E-state index in [4.69, 9.17) is 11.0 Å². The molecule has 1 aliphatic rings. The molecule has 1 aliphatic heterocycles. The molecule has 0 bridgehead atoms. The number of likely N-dealkylation sites (N-methyl/N-ethyl adjacent to an activating group) is 1. The Labute approximate surface area is 105 Å². The third-order valence-electron chi connectivity index (χ3n) is 3.89. The molecular weight excluding hydrogens is 212 g/mol. The van der Waals surface area contributed by atoms with E-state index >= 15 is 0 Å². The van der Waals surface area contributed by atoms with Gasteiger partial charge in [-0.1, -0.05) is 6.92 Å². The first-order valence-electron chi connectivity index (χ1n) is 6.63. The van der Waals surface area contributed by atoms with Crippen molar-refractivity contribution in [1.29, 1.82) is 5.26 Å². The second kappa shape index (κ2) is 6.34. The van der Waals surface area contributed by atoms with Gasteiger partial charge in [-0.05, 0) is 39.8 Å². The number of hydrogen-bond donors (Lipinski definition) is 1. The normalized spacial score (nSPS) is 26.4. The van der Waals surface area contributed by atoms with Crippen LogP contribution >= 0.6 is 0 Å². The van der Waals surface area contributed by atoms with Crippen LogP contribution in [-0.2, 0) is 0 Å². The van der Waals surface area contributed by atoms with Crippen molar-refractivity contribution in [3.05, 3.63) is 0 Å². The fourth-order valence-corrected chi connectivity index (χ4v) is 2.42. The summed E-state index contributed by atoms with van der Waals surface area (Å²) in [7, 11) is 2.17. The van der Waals surface area contributed by atoms with E-state index in [-0.39, 0.29) is 0 Å². The van der Waals surface area contributed by atoms with Crippen molar-refractivity contribution in [3.8, 4) is 6.07 Å². The fourth-order valence-electron chi connectivity index (χ4n) is 2.42. The summed E-state index contributed by atoms with van der Waals surface area (Å²) in [6, 6.07) is 2.85. The Morgan fingerprint density at radius 1 is 1.47 bits per heavy atom. The van der Waals surface area contributed by atoms with Crippen molar-refractivity contribution in [2.24, 2.45) is 5.73 Å². The molecule has 0 radical (unpaired) electrons. The predicted octanol–water partition coefficient (Wildman–Crippen LogP) is 1.03. The van der Waals surface area contributed by atoms with Crippen LogP contribution in [0.15, 0.2) is 0 Å². The smallest absolute Gasteiger partial charge is 0.104 e. The zero-order valence-corrected chi connectivity index (χ0v) is 11.4. The Morgan fingerprint density at radius 2 is 2.18 bits per heavy atom. The monoisotopic (exact) mass is 238 g/mol. The van der Waals surface area contributed by atoms with E-state index < -0.39 is 5.54 Å². The van der Waals surface area contributed by atoms with Crippen molar-refractivity contribution in [2.75, 3.05) is 33.2 Å². The molecule has 1 heterocycles. The van der Waals surface area contributed by atoms with Gasteiger partial charge in [-0.25, -0.2) is 0 Å². The van der Waals surface area contributed by atoms with E-state index in [9.17, 15) is 0 Å². The first-order valence-corrected chi connectivity index (χ1v) is 6.63. The maximum atomic E-state index is 9.01. The van der Waals surface area contributed by atoms with E-state index in [1.165, 1.54) is 0 Å². The molecule has 98 valence electrons. The average molecular weight is 238 g/mol. The van der Waals surface area contributed by atoms with Gasteiger partial charge < -0.3 is 10.6 Å². The van der Waals surface area contributed by atoms with Gasteiger partial charge in [0.2, 0.25) is 0 Å². The van der Waals surface area contributed by atoms with Crippen LogP contribution in [0.2, 0.25) is 0 Å². The Balaban J connectivity index is 2.30. The summed E-state index contributed by atoms with van der Waals surface area (Å²) in [4.78, 5) is 4.88. The van der Waals surface area contributed by atoms with Crippen LogP contribution in [0.4, 0.5) is 0 Å². The van der Waals surface area contributed by atoms with E-state index in [2.05, 4.69) is 29.8 Å². The maximum Gasteiger partial charge on any atom is 0.104 e. The van der Waals surface area contributed by atoms with Crippen LogP contribution in [-0.4, -0.2) is 54.6 Å². The summed E-state index contributed by atoms with van der Waals surface area (Å²) < 4.78 is 0. The lowest BCUT2D eigenvalue weighted by Crippen LogP contribution is -2.50. The lowest BCUT2D eigenvalue weighted by molar-refractivity contribution is 0.0973. The number of nitriles is 1. The van der Waals surface area contributed by atoms with Crippen LogP contribution in [0, 0.1) is 11.3 Å². The zero-order chi connectivity index (χ0) is 12.9. The lowest BCUT2D eigenvalue weighted by Gasteiger charge is -2.38. The predicted molar refractivity (Wildman–Crippen MR) is 70.6 cm³/mol. The average Bonchev–Trinajstić information content (AvgIpc) is 2.32. The Bertz CT molecular complexity index is 273. The topological polar surface area (TPSA) is 56.3 Å². The first kappa shape index (κ1) is 14.4. The highest BCUT2D eigenvalue weighted by Crippen LogP contribution is 2.15.